The molecule has 5 rings (SSSR count). The average Bonchev–Trinajstić information content (AvgIpc) is 3.02. The highest BCUT2D eigenvalue weighted by atomic mass is 31.2. The van der Waals surface area contributed by atoms with Gasteiger partial charge in [-0.1, -0.05) is 36.4 Å². The number of aromatic nitrogens is 2. The molecule has 3 heterocycles. The van der Waals surface area contributed by atoms with Crippen LogP contribution in [0.3, 0.4) is 0 Å². The topological polar surface area (TPSA) is 147 Å². The molecule has 4 aromatic rings. The van der Waals surface area contributed by atoms with Crippen molar-refractivity contribution < 1.29 is 38.4 Å². The fourth-order valence-electron chi connectivity index (χ4n) is 5.17. The number of aromatic hydroxyl groups is 1. The van der Waals surface area contributed by atoms with Gasteiger partial charge in [0.1, 0.15) is 11.3 Å². The molecule has 0 radical (unpaired) electrons. The molecule has 12 nitrogen and oxygen atoms in total. The SMILES string of the molecule is O=P(O)(O)c1cccc2ccc(CN3CCOCCOCCN(Cc4ccc5cccc(O)c5n4)CCOCCOCC3)nc12. The highest BCUT2D eigenvalue weighted by molar-refractivity contribution is 7.60. The van der Waals surface area contributed by atoms with E-state index in [-0.39, 0.29) is 11.1 Å². The van der Waals surface area contributed by atoms with Gasteiger partial charge in [0.2, 0.25) is 0 Å². The van der Waals surface area contributed by atoms with Crippen molar-refractivity contribution >= 4 is 34.7 Å². The molecule has 1 aliphatic rings. The maximum absolute atomic E-state index is 12.0. The highest BCUT2D eigenvalue weighted by Crippen LogP contribution is 2.35. The third-order valence-electron chi connectivity index (χ3n) is 7.55. The molecular formula is C32H41N4O8P. The molecule has 0 aliphatic carbocycles. The van der Waals surface area contributed by atoms with Crippen LogP contribution in [-0.2, 0) is 36.6 Å². The summed E-state index contributed by atoms with van der Waals surface area (Å²) in [6.45, 7) is 7.59. The zero-order valence-corrected chi connectivity index (χ0v) is 26.2. The predicted molar refractivity (Wildman–Crippen MR) is 171 cm³/mol. The van der Waals surface area contributed by atoms with Crippen LogP contribution >= 0.6 is 7.60 Å². The number of ether oxygens (including phenoxy) is 4. The van der Waals surface area contributed by atoms with Crippen LogP contribution in [0, 0.1) is 0 Å². The molecular weight excluding hydrogens is 599 g/mol. The van der Waals surface area contributed by atoms with Crippen LogP contribution in [-0.4, -0.2) is 114 Å². The van der Waals surface area contributed by atoms with Crippen LogP contribution in [0.15, 0.2) is 60.7 Å². The van der Waals surface area contributed by atoms with Crippen LogP contribution in [0.5, 0.6) is 5.75 Å². The van der Waals surface area contributed by atoms with E-state index in [0.717, 1.165) is 11.1 Å². The molecule has 45 heavy (non-hydrogen) atoms. The van der Waals surface area contributed by atoms with E-state index in [0.29, 0.717) is 114 Å². The van der Waals surface area contributed by atoms with Gasteiger partial charge in [-0.15, -0.1) is 0 Å². The number of pyridine rings is 2. The van der Waals surface area contributed by atoms with Crippen LogP contribution in [0.1, 0.15) is 11.4 Å². The number of para-hydroxylation sites is 2. The van der Waals surface area contributed by atoms with E-state index in [2.05, 4.69) is 19.8 Å². The molecule has 0 saturated carbocycles. The van der Waals surface area contributed by atoms with Gasteiger partial charge in [-0.25, -0.2) is 4.98 Å². The van der Waals surface area contributed by atoms with E-state index in [1.165, 1.54) is 6.07 Å². The summed E-state index contributed by atoms with van der Waals surface area (Å²) in [7, 11) is -4.46. The fraction of sp³-hybridized carbons (Fsp3) is 0.438. The van der Waals surface area contributed by atoms with E-state index in [4.69, 9.17) is 18.9 Å². The summed E-state index contributed by atoms with van der Waals surface area (Å²) >= 11 is 0. The Morgan fingerprint density at radius 2 is 1.04 bits per heavy atom. The molecule has 1 fully saturated rings. The number of phenolic OH excluding ortho intramolecular Hbond substituents is 1. The first-order valence-corrected chi connectivity index (χ1v) is 16.8. The lowest BCUT2D eigenvalue weighted by Crippen LogP contribution is -2.33. The van der Waals surface area contributed by atoms with Crippen molar-refractivity contribution in [1.29, 1.82) is 0 Å². The highest BCUT2D eigenvalue weighted by Gasteiger charge is 2.21. The van der Waals surface area contributed by atoms with E-state index in [1.54, 1.807) is 18.2 Å². The first-order valence-electron chi connectivity index (χ1n) is 15.1. The van der Waals surface area contributed by atoms with Gasteiger partial charge in [0.15, 0.2) is 0 Å². The van der Waals surface area contributed by atoms with E-state index >= 15 is 0 Å². The summed E-state index contributed by atoms with van der Waals surface area (Å²) in [6, 6.07) is 17.9. The maximum atomic E-state index is 12.0. The Bertz CT molecular complexity index is 1570. The van der Waals surface area contributed by atoms with Crippen molar-refractivity contribution in [3.63, 3.8) is 0 Å². The van der Waals surface area contributed by atoms with E-state index in [1.807, 2.05) is 36.4 Å². The zero-order chi connectivity index (χ0) is 31.5. The van der Waals surface area contributed by atoms with Crippen molar-refractivity contribution in [2.75, 3.05) is 79.0 Å². The second-order valence-electron chi connectivity index (χ2n) is 10.8. The minimum Gasteiger partial charge on any atom is -0.506 e. The quantitative estimate of drug-likeness (QED) is 0.276. The smallest absolute Gasteiger partial charge is 0.358 e. The molecule has 242 valence electrons. The number of rotatable bonds is 5. The summed E-state index contributed by atoms with van der Waals surface area (Å²) in [6.07, 6.45) is 0. The molecule has 0 unspecified atom stereocenters. The Hall–Kier alpha value is -3.03. The second kappa shape index (κ2) is 16.5. The van der Waals surface area contributed by atoms with E-state index < -0.39 is 7.60 Å². The predicted octanol–water partition coefficient (Wildman–Crippen LogP) is 2.68. The molecule has 0 atom stereocenters. The Balaban J connectivity index is 1.14. The van der Waals surface area contributed by atoms with E-state index in [9.17, 15) is 19.5 Å². The second-order valence-corrected chi connectivity index (χ2v) is 12.4. The molecule has 0 spiro atoms. The van der Waals surface area contributed by atoms with Crippen molar-refractivity contribution in [2.24, 2.45) is 0 Å². The first-order chi connectivity index (χ1) is 21.9. The number of hydrogen-bond donors (Lipinski definition) is 3. The molecule has 2 aromatic heterocycles. The Morgan fingerprint density at radius 3 is 1.53 bits per heavy atom. The molecule has 13 heteroatoms. The number of benzene rings is 2. The van der Waals surface area contributed by atoms with Crippen molar-refractivity contribution in [1.82, 2.24) is 19.8 Å². The third kappa shape index (κ3) is 9.98. The lowest BCUT2D eigenvalue weighted by Gasteiger charge is -2.23. The van der Waals surface area contributed by atoms with Gasteiger partial charge in [0, 0.05) is 50.0 Å². The summed E-state index contributed by atoms with van der Waals surface area (Å²) in [5.41, 5.74) is 2.48. The number of hydrogen-bond acceptors (Lipinski definition) is 10. The molecule has 1 aliphatic heterocycles. The van der Waals surface area contributed by atoms with Gasteiger partial charge in [0.05, 0.1) is 75.1 Å². The molecule has 1 saturated heterocycles. The van der Waals surface area contributed by atoms with Crippen LogP contribution < -0.4 is 5.30 Å². The number of fused-ring (bicyclic) bond motifs is 2. The normalized spacial score (nSPS) is 18.1. The minimum atomic E-state index is -4.46. The zero-order valence-electron chi connectivity index (χ0n) is 25.3. The first kappa shape index (κ1) is 33.3. The van der Waals surface area contributed by atoms with Gasteiger partial charge >= 0.3 is 7.60 Å². The van der Waals surface area contributed by atoms with Crippen molar-refractivity contribution in [3.05, 3.63) is 72.1 Å². The lowest BCUT2D eigenvalue weighted by atomic mass is 10.2. The molecule has 0 bridgehead atoms. The molecule has 0 amide bonds. The average molecular weight is 641 g/mol. The summed E-state index contributed by atoms with van der Waals surface area (Å²) in [5.74, 6) is 0.172. The minimum absolute atomic E-state index is 0.0676. The van der Waals surface area contributed by atoms with Crippen LogP contribution in [0.2, 0.25) is 0 Å². The largest absolute Gasteiger partial charge is 0.506 e. The molecule has 2 aromatic carbocycles. The van der Waals surface area contributed by atoms with Gasteiger partial charge in [-0.3, -0.25) is 19.3 Å². The maximum Gasteiger partial charge on any atom is 0.358 e. The summed E-state index contributed by atoms with van der Waals surface area (Å²) < 4.78 is 35.5. The monoisotopic (exact) mass is 640 g/mol. The standard InChI is InChI=1S/C32H41N4O8P/c37-29-5-1-3-25-7-9-27(33-31(25)29)23-35-11-15-41-19-21-43-17-13-36(14-18-44-22-20-42-16-12-35)24-28-10-8-26-4-2-6-30(32(26)34-28)45(38,39)40/h1-10,37H,11-24H2,(H2,38,39,40). The number of phenols is 1. The van der Waals surface area contributed by atoms with Crippen molar-refractivity contribution in [3.8, 4) is 5.75 Å². The fourth-order valence-corrected chi connectivity index (χ4v) is 5.91. The molecule has 3 N–H and O–H groups in total. The van der Waals surface area contributed by atoms with Crippen molar-refractivity contribution in [2.45, 2.75) is 13.1 Å². The Kier molecular flexibility index (Phi) is 12.2. The Morgan fingerprint density at radius 1 is 0.600 bits per heavy atom. The summed E-state index contributed by atoms with van der Waals surface area (Å²) in [5, 5.41) is 11.7. The van der Waals surface area contributed by atoms with Gasteiger partial charge in [-0.2, -0.15) is 0 Å². The van der Waals surface area contributed by atoms with Crippen LogP contribution in [0.4, 0.5) is 0 Å². The Labute approximate surface area is 262 Å². The third-order valence-corrected chi connectivity index (χ3v) is 8.54. The summed E-state index contributed by atoms with van der Waals surface area (Å²) in [4.78, 5) is 33.3. The van der Waals surface area contributed by atoms with Crippen LogP contribution in [0.25, 0.3) is 21.8 Å². The van der Waals surface area contributed by atoms with Gasteiger partial charge in [0.25, 0.3) is 0 Å². The van der Waals surface area contributed by atoms with Gasteiger partial charge < -0.3 is 33.8 Å². The van der Waals surface area contributed by atoms with Gasteiger partial charge in [-0.05, 0) is 24.3 Å². The lowest BCUT2D eigenvalue weighted by molar-refractivity contribution is 0.00601. The number of nitrogens with zero attached hydrogens (tertiary/aromatic N) is 4.